The zero-order valence-electron chi connectivity index (χ0n) is 18.1. The number of ether oxygens (including phenoxy) is 1. The Balaban J connectivity index is 1.49. The summed E-state index contributed by atoms with van der Waals surface area (Å²) in [6, 6.07) is 11.3. The molecular formula is C26H28N2O3. The van der Waals surface area contributed by atoms with E-state index in [1.54, 1.807) is 6.07 Å². The van der Waals surface area contributed by atoms with Gasteiger partial charge in [-0.05, 0) is 43.9 Å². The Morgan fingerprint density at radius 1 is 1.19 bits per heavy atom. The molecule has 0 bridgehead atoms. The van der Waals surface area contributed by atoms with Crippen molar-refractivity contribution in [3.63, 3.8) is 0 Å². The van der Waals surface area contributed by atoms with Gasteiger partial charge in [0.05, 0.1) is 18.7 Å². The van der Waals surface area contributed by atoms with E-state index in [9.17, 15) is 9.90 Å². The largest absolute Gasteiger partial charge is 0.872 e. The number of carbonyl (C=O) groups is 1. The molecule has 5 heteroatoms. The lowest BCUT2D eigenvalue weighted by atomic mass is 9.98. The summed E-state index contributed by atoms with van der Waals surface area (Å²) < 4.78 is 8.24. The molecule has 5 nitrogen and oxygen atoms in total. The summed E-state index contributed by atoms with van der Waals surface area (Å²) >= 11 is 0. The molecule has 31 heavy (non-hydrogen) atoms. The monoisotopic (exact) mass is 416 g/mol. The Bertz CT molecular complexity index is 1180. The summed E-state index contributed by atoms with van der Waals surface area (Å²) in [7, 11) is 0. The molecule has 0 radical (unpaired) electrons. The molecular weight excluding hydrogens is 388 g/mol. The maximum Gasteiger partial charge on any atom is 0.231 e. The average molecular weight is 417 g/mol. The zero-order chi connectivity index (χ0) is 21.5. The van der Waals surface area contributed by atoms with Gasteiger partial charge in [0, 0.05) is 34.8 Å². The first-order chi connectivity index (χ1) is 15.0. The molecule has 0 atom stereocenters. The fraction of sp³-hybridized carbons (Fsp3) is 0.346. The van der Waals surface area contributed by atoms with Crippen LogP contribution in [-0.2, 0) is 13.1 Å². The second kappa shape index (κ2) is 7.89. The van der Waals surface area contributed by atoms with Gasteiger partial charge in [0.15, 0.2) is 5.76 Å². The predicted molar refractivity (Wildman–Crippen MR) is 119 cm³/mol. The summed E-state index contributed by atoms with van der Waals surface area (Å²) in [6.45, 7) is 7.95. The molecule has 1 N–H and O–H groups in total. The van der Waals surface area contributed by atoms with Crippen molar-refractivity contribution >= 4 is 22.8 Å². The fourth-order valence-electron chi connectivity index (χ4n) is 4.85. The van der Waals surface area contributed by atoms with E-state index >= 15 is 0 Å². The summed E-state index contributed by atoms with van der Waals surface area (Å²) in [4.78, 5) is 14.5. The number of carbonyl (C=O) groups excluding carboxylic acids is 1. The Morgan fingerprint density at radius 2 is 1.97 bits per heavy atom. The quantitative estimate of drug-likeness (QED) is 0.665. The van der Waals surface area contributed by atoms with E-state index in [2.05, 4.69) is 36.7 Å². The molecule has 2 aliphatic heterocycles. The van der Waals surface area contributed by atoms with E-state index in [0.29, 0.717) is 29.2 Å². The number of likely N-dealkylation sites (tertiary alicyclic amines) is 1. The van der Waals surface area contributed by atoms with Crippen molar-refractivity contribution in [2.75, 3.05) is 13.1 Å². The summed E-state index contributed by atoms with van der Waals surface area (Å²) in [5.41, 5.74) is 3.22. The Hall–Kier alpha value is -3.05. The molecule has 2 aromatic carbocycles. The molecule has 160 valence electrons. The van der Waals surface area contributed by atoms with Crippen LogP contribution in [0.4, 0.5) is 0 Å². The first-order valence-corrected chi connectivity index (χ1v) is 11.2. The number of fused-ring (bicyclic) bond motifs is 2. The van der Waals surface area contributed by atoms with Crippen LogP contribution in [0.5, 0.6) is 11.5 Å². The Morgan fingerprint density at radius 3 is 2.74 bits per heavy atom. The average Bonchev–Trinajstić information content (AvgIpc) is 3.30. The molecule has 3 aromatic rings. The number of rotatable bonds is 4. The number of quaternary nitrogens is 1. The van der Waals surface area contributed by atoms with Gasteiger partial charge < -0.3 is 19.3 Å². The second-order valence-corrected chi connectivity index (χ2v) is 8.86. The first kappa shape index (κ1) is 19.9. The topological polar surface area (TPSA) is 58.7 Å². The highest BCUT2D eigenvalue weighted by Gasteiger charge is 2.32. The molecule has 0 saturated carbocycles. The van der Waals surface area contributed by atoms with Crippen LogP contribution < -0.4 is 14.7 Å². The van der Waals surface area contributed by atoms with Crippen molar-refractivity contribution in [3.05, 3.63) is 65.0 Å². The molecule has 3 heterocycles. The Labute approximate surface area is 182 Å². The predicted octanol–water partition coefficient (Wildman–Crippen LogP) is 3.17. The molecule has 0 amide bonds. The summed E-state index contributed by atoms with van der Waals surface area (Å²) in [6.07, 6.45) is 6.22. The maximum atomic E-state index is 13.1. The van der Waals surface area contributed by atoms with E-state index in [1.165, 1.54) is 23.8 Å². The van der Waals surface area contributed by atoms with Crippen LogP contribution in [0.15, 0.2) is 48.4 Å². The minimum atomic E-state index is -0.146. The summed E-state index contributed by atoms with van der Waals surface area (Å²) in [5.74, 6) is 1.32. The van der Waals surface area contributed by atoms with Gasteiger partial charge >= 0.3 is 0 Å². The van der Waals surface area contributed by atoms with Crippen molar-refractivity contribution in [1.29, 1.82) is 0 Å². The zero-order valence-corrected chi connectivity index (χ0v) is 18.1. The molecule has 1 aromatic heterocycles. The number of aryl methyl sites for hydroxylation is 1. The van der Waals surface area contributed by atoms with Crippen molar-refractivity contribution in [1.82, 2.24) is 4.57 Å². The van der Waals surface area contributed by atoms with E-state index in [0.717, 1.165) is 42.0 Å². The molecule has 5 rings (SSSR count). The highest BCUT2D eigenvalue weighted by Crippen LogP contribution is 2.39. The van der Waals surface area contributed by atoms with Gasteiger partial charge in [-0.15, -0.1) is 0 Å². The number of para-hydroxylation sites is 1. The van der Waals surface area contributed by atoms with Crippen LogP contribution in [0.25, 0.3) is 17.0 Å². The number of hydrogen-bond donors (Lipinski definition) is 1. The normalized spacial score (nSPS) is 22.1. The highest BCUT2D eigenvalue weighted by molar-refractivity contribution is 6.15. The van der Waals surface area contributed by atoms with Gasteiger partial charge in [-0.2, -0.15) is 0 Å². The highest BCUT2D eigenvalue weighted by atomic mass is 16.5. The van der Waals surface area contributed by atoms with Crippen LogP contribution in [0, 0.1) is 5.92 Å². The number of benzene rings is 2. The third-order valence-electron chi connectivity index (χ3n) is 6.75. The lowest BCUT2D eigenvalue weighted by Gasteiger charge is -2.29. The van der Waals surface area contributed by atoms with Gasteiger partial charge in [-0.1, -0.05) is 36.9 Å². The van der Waals surface area contributed by atoms with E-state index < -0.39 is 0 Å². The van der Waals surface area contributed by atoms with E-state index in [4.69, 9.17) is 4.74 Å². The number of hydrogen-bond acceptors (Lipinski definition) is 3. The first-order valence-electron chi connectivity index (χ1n) is 11.2. The van der Waals surface area contributed by atoms with E-state index in [-0.39, 0.29) is 11.5 Å². The maximum absolute atomic E-state index is 13.1. The number of ketones is 1. The number of nitrogens with one attached hydrogen (secondary N) is 1. The minimum absolute atomic E-state index is 0.0403. The van der Waals surface area contributed by atoms with Crippen LogP contribution in [0.3, 0.4) is 0 Å². The van der Waals surface area contributed by atoms with Gasteiger partial charge in [-0.3, -0.25) is 4.79 Å². The molecule has 0 unspecified atom stereocenters. The van der Waals surface area contributed by atoms with Crippen molar-refractivity contribution in [2.45, 2.75) is 39.8 Å². The van der Waals surface area contributed by atoms with Gasteiger partial charge in [0.25, 0.3) is 0 Å². The minimum Gasteiger partial charge on any atom is -0.872 e. The number of allylic oxidation sites excluding steroid dienone is 1. The molecule has 0 spiro atoms. The third-order valence-corrected chi connectivity index (χ3v) is 6.75. The SMILES string of the molecule is CCn1cc(/C=C2\Oc3c(ccc([O-])c3C[NH+]3CCC(C)CC3)C2=O)c2ccccc21. The van der Waals surface area contributed by atoms with Crippen molar-refractivity contribution < 1.29 is 19.5 Å². The van der Waals surface area contributed by atoms with Crippen LogP contribution in [-0.4, -0.2) is 23.4 Å². The van der Waals surface area contributed by atoms with Crippen LogP contribution in [0.2, 0.25) is 0 Å². The van der Waals surface area contributed by atoms with Gasteiger partial charge in [0.1, 0.15) is 12.3 Å². The second-order valence-electron chi connectivity index (χ2n) is 8.86. The third kappa shape index (κ3) is 3.53. The molecule has 2 aliphatic rings. The number of Topliss-reactive ketones (excluding diaryl/α,β-unsaturated/α-hetero) is 1. The molecule has 0 aliphatic carbocycles. The Kier molecular flexibility index (Phi) is 5.06. The van der Waals surface area contributed by atoms with Crippen LogP contribution >= 0.6 is 0 Å². The van der Waals surface area contributed by atoms with Crippen LogP contribution in [0.1, 0.15) is 48.2 Å². The van der Waals surface area contributed by atoms with Gasteiger partial charge in [0.2, 0.25) is 5.78 Å². The van der Waals surface area contributed by atoms with E-state index in [1.807, 2.05) is 18.2 Å². The van der Waals surface area contributed by atoms with Crippen molar-refractivity contribution in [3.8, 4) is 11.5 Å². The summed E-state index contributed by atoms with van der Waals surface area (Å²) in [5, 5.41) is 13.8. The standard InChI is InChI=1S/C26H28N2O3/c1-3-28-15-18(19-6-4-5-7-22(19)28)14-24-25(30)20-8-9-23(29)21(26(20)31-24)16-27-12-10-17(2)11-13-27/h4-9,14-15,17,29H,3,10-13,16H2,1-2H3/b24-14-. The fourth-order valence-corrected chi connectivity index (χ4v) is 4.85. The number of nitrogens with zero attached hydrogens (tertiary/aromatic N) is 1. The number of piperidine rings is 1. The lowest BCUT2D eigenvalue weighted by Crippen LogP contribution is -3.11. The number of aromatic nitrogens is 1. The molecule has 1 saturated heterocycles. The smallest absolute Gasteiger partial charge is 0.231 e. The molecule has 1 fully saturated rings. The van der Waals surface area contributed by atoms with Crippen molar-refractivity contribution in [2.24, 2.45) is 5.92 Å². The van der Waals surface area contributed by atoms with Gasteiger partial charge in [-0.25, -0.2) is 0 Å². The lowest BCUT2D eigenvalue weighted by molar-refractivity contribution is -0.919.